The molecule has 3 N–H and O–H groups in total. The van der Waals surface area contributed by atoms with E-state index in [2.05, 4.69) is 55.6 Å². The Bertz CT molecular complexity index is 1140. The zero-order chi connectivity index (χ0) is 24.0. The minimum Gasteiger partial charge on any atom is -0.496 e. The number of hydrogen-bond donors (Lipinski definition) is 3. The predicted molar refractivity (Wildman–Crippen MR) is 136 cm³/mol. The van der Waals surface area contributed by atoms with E-state index in [-0.39, 0.29) is 23.6 Å². The second kappa shape index (κ2) is 12.0. The molecule has 0 bridgehead atoms. The number of methoxy groups -OCH3 is 1. The van der Waals surface area contributed by atoms with Gasteiger partial charge in [-0.3, -0.25) is 10.00 Å². The summed E-state index contributed by atoms with van der Waals surface area (Å²) in [4.78, 5) is 10.6. The maximum atomic E-state index is 8.84. The molecule has 0 unspecified atom stereocenters. The number of ether oxygens (including phenoxy) is 2. The Balaban J connectivity index is 0.00000342. The van der Waals surface area contributed by atoms with Gasteiger partial charge < -0.3 is 20.1 Å². The van der Waals surface area contributed by atoms with Crippen molar-refractivity contribution in [2.24, 2.45) is 0 Å². The van der Waals surface area contributed by atoms with Gasteiger partial charge in [-0.1, -0.05) is 6.07 Å². The maximum absolute atomic E-state index is 8.84. The summed E-state index contributed by atoms with van der Waals surface area (Å²) >= 11 is 0. The molecule has 1 aliphatic heterocycles. The number of nitrogens with zero attached hydrogens (tertiary/aromatic N) is 5. The van der Waals surface area contributed by atoms with E-state index >= 15 is 0 Å². The van der Waals surface area contributed by atoms with Gasteiger partial charge in [-0.2, -0.15) is 10.4 Å². The normalized spacial score (nSPS) is 14.1. The monoisotopic (exact) mass is 498 g/mol. The van der Waals surface area contributed by atoms with Gasteiger partial charge in [0, 0.05) is 43.3 Å². The van der Waals surface area contributed by atoms with E-state index in [9.17, 15) is 0 Å². The molecule has 0 atom stereocenters. The summed E-state index contributed by atoms with van der Waals surface area (Å²) in [6, 6.07) is 10.00. The molecule has 0 radical (unpaired) electrons. The van der Waals surface area contributed by atoms with E-state index in [1.165, 1.54) is 12.4 Å². The van der Waals surface area contributed by atoms with Gasteiger partial charge in [0.15, 0.2) is 11.5 Å². The van der Waals surface area contributed by atoms with E-state index < -0.39 is 0 Å². The number of aromatic nitrogens is 4. The molecule has 10 nitrogen and oxygen atoms in total. The highest BCUT2D eigenvalue weighted by atomic mass is 35.5. The number of nitrogens with one attached hydrogen (secondary N) is 3. The summed E-state index contributed by atoms with van der Waals surface area (Å²) in [5, 5.41) is 22.9. The van der Waals surface area contributed by atoms with Crippen molar-refractivity contribution < 1.29 is 9.47 Å². The molecule has 3 heterocycles. The van der Waals surface area contributed by atoms with Gasteiger partial charge in [0.25, 0.3) is 0 Å². The molecule has 0 saturated carbocycles. The first-order chi connectivity index (χ1) is 16.5. The van der Waals surface area contributed by atoms with Gasteiger partial charge in [0.05, 0.1) is 38.4 Å². The molecule has 0 spiro atoms. The summed E-state index contributed by atoms with van der Waals surface area (Å²) in [7, 11) is 1.67. The van der Waals surface area contributed by atoms with Crippen LogP contribution in [0, 0.1) is 11.3 Å². The second-order valence-corrected chi connectivity index (χ2v) is 8.85. The van der Waals surface area contributed by atoms with E-state index in [4.69, 9.17) is 14.7 Å². The van der Waals surface area contributed by atoms with Crippen LogP contribution in [0.4, 0.5) is 11.6 Å². The largest absolute Gasteiger partial charge is 0.496 e. The van der Waals surface area contributed by atoms with Gasteiger partial charge in [-0.05, 0) is 31.5 Å². The van der Waals surface area contributed by atoms with Crippen LogP contribution in [-0.2, 0) is 11.3 Å². The van der Waals surface area contributed by atoms with Gasteiger partial charge in [-0.25, -0.2) is 9.97 Å². The molecule has 1 saturated heterocycles. The number of nitriles is 1. The molecular formula is C24H31ClN8O2. The number of benzene rings is 1. The van der Waals surface area contributed by atoms with Crippen LogP contribution in [0.2, 0.25) is 0 Å². The van der Waals surface area contributed by atoms with Crippen molar-refractivity contribution in [3.63, 3.8) is 0 Å². The molecule has 35 heavy (non-hydrogen) atoms. The van der Waals surface area contributed by atoms with Crippen molar-refractivity contribution in [3.05, 3.63) is 47.9 Å². The Morgan fingerprint density at radius 2 is 1.97 bits per heavy atom. The third-order valence-corrected chi connectivity index (χ3v) is 5.65. The van der Waals surface area contributed by atoms with Crippen LogP contribution in [0.15, 0.2) is 36.7 Å². The number of halogens is 1. The topological polar surface area (TPSA) is 124 Å². The number of anilines is 2. The van der Waals surface area contributed by atoms with Crippen LogP contribution in [-0.4, -0.2) is 70.6 Å². The lowest BCUT2D eigenvalue weighted by atomic mass is 10.0. The number of hydrogen-bond acceptors (Lipinski definition) is 9. The Morgan fingerprint density at radius 3 is 2.66 bits per heavy atom. The zero-order valence-corrected chi connectivity index (χ0v) is 21.0. The number of aromatic amines is 1. The molecular weight excluding hydrogens is 468 g/mol. The number of H-pyrrole nitrogens is 1. The Kier molecular flexibility index (Phi) is 9.01. The summed E-state index contributed by atoms with van der Waals surface area (Å²) in [5.41, 5.74) is 3.10. The van der Waals surface area contributed by atoms with Crippen LogP contribution in [0.5, 0.6) is 5.75 Å². The third-order valence-electron chi connectivity index (χ3n) is 5.65. The quantitative estimate of drug-likeness (QED) is 0.408. The molecule has 0 aliphatic carbocycles. The molecule has 4 rings (SSSR count). The van der Waals surface area contributed by atoms with Crippen molar-refractivity contribution in [2.75, 3.05) is 45.3 Å². The highest BCUT2D eigenvalue weighted by Crippen LogP contribution is 2.31. The Morgan fingerprint density at radius 1 is 1.17 bits per heavy atom. The van der Waals surface area contributed by atoms with Crippen molar-refractivity contribution in [2.45, 2.75) is 25.9 Å². The van der Waals surface area contributed by atoms with E-state index in [1.54, 1.807) is 7.11 Å². The van der Waals surface area contributed by atoms with Crippen LogP contribution >= 0.6 is 12.4 Å². The van der Waals surface area contributed by atoms with Crippen LogP contribution in [0.1, 0.15) is 25.1 Å². The van der Waals surface area contributed by atoms with Crippen molar-refractivity contribution in [3.8, 4) is 23.1 Å². The molecule has 1 fully saturated rings. The second-order valence-electron chi connectivity index (χ2n) is 8.85. The van der Waals surface area contributed by atoms with Gasteiger partial charge in [-0.15, -0.1) is 12.4 Å². The summed E-state index contributed by atoms with van der Waals surface area (Å²) < 4.78 is 11.1. The van der Waals surface area contributed by atoms with E-state index in [1.807, 2.05) is 24.3 Å². The Hall–Kier alpha value is -3.23. The average molecular weight is 499 g/mol. The van der Waals surface area contributed by atoms with Crippen LogP contribution in [0.25, 0.3) is 11.3 Å². The molecule has 2 aromatic heterocycles. The van der Waals surface area contributed by atoms with Crippen LogP contribution in [0.3, 0.4) is 0 Å². The van der Waals surface area contributed by atoms with Crippen molar-refractivity contribution in [1.82, 2.24) is 30.4 Å². The predicted octanol–water partition coefficient (Wildman–Crippen LogP) is 3.11. The lowest BCUT2D eigenvalue weighted by molar-refractivity contribution is 0.0269. The van der Waals surface area contributed by atoms with Gasteiger partial charge >= 0.3 is 0 Å². The molecule has 0 amide bonds. The van der Waals surface area contributed by atoms with E-state index in [0.29, 0.717) is 11.6 Å². The van der Waals surface area contributed by atoms with E-state index in [0.717, 1.165) is 62.0 Å². The first-order valence-corrected chi connectivity index (χ1v) is 11.2. The average Bonchev–Trinajstić information content (AvgIpc) is 3.31. The lowest BCUT2D eigenvalue weighted by Gasteiger charge is -2.35. The lowest BCUT2D eigenvalue weighted by Crippen LogP contribution is -2.51. The SMILES string of the molecule is COc1cc(CNC(C)(C)CN2CCOCC2)ccc1-c1cc(Nc2cnc(C#N)cn2)n[nH]1.Cl. The summed E-state index contributed by atoms with van der Waals surface area (Å²) in [6.45, 7) is 9.73. The smallest absolute Gasteiger partial charge is 0.158 e. The minimum absolute atomic E-state index is 0. The molecule has 1 aliphatic rings. The van der Waals surface area contributed by atoms with Gasteiger partial charge in [0.2, 0.25) is 0 Å². The maximum Gasteiger partial charge on any atom is 0.158 e. The molecule has 1 aromatic carbocycles. The molecule has 186 valence electrons. The Labute approximate surface area is 211 Å². The highest BCUT2D eigenvalue weighted by Gasteiger charge is 2.23. The molecule has 11 heteroatoms. The fourth-order valence-corrected chi connectivity index (χ4v) is 3.89. The van der Waals surface area contributed by atoms with Crippen LogP contribution < -0.4 is 15.4 Å². The summed E-state index contributed by atoms with van der Waals surface area (Å²) in [6.07, 6.45) is 2.91. The molecule has 3 aromatic rings. The first-order valence-electron chi connectivity index (χ1n) is 11.2. The minimum atomic E-state index is -0.0263. The zero-order valence-electron chi connectivity index (χ0n) is 20.2. The number of morpholine rings is 1. The fourth-order valence-electron chi connectivity index (χ4n) is 3.89. The third kappa shape index (κ3) is 7.13. The highest BCUT2D eigenvalue weighted by molar-refractivity contribution is 5.85. The fraction of sp³-hybridized carbons (Fsp3) is 0.417. The number of rotatable bonds is 9. The van der Waals surface area contributed by atoms with Gasteiger partial charge in [0.1, 0.15) is 17.6 Å². The standard InChI is InChI=1S/C24H30N8O2.ClH/c1-24(2,16-32-6-8-34-9-7-32)28-13-17-4-5-19(21(10-17)33-3)20-11-22(31-30-20)29-23-15-26-18(12-25)14-27-23;/h4-5,10-11,14-15,28H,6-9,13,16H2,1-3H3,(H2,27,29,30,31);1H. The van der Waals surface area contributed by atoms with Crippen molar-refractivity contribution >= 4 is 24.0 Å². The van der Waals surface area contributed by atoms with Crippen molar-refractivity contribution in [1.29, 1.82) is 5.26 Å². The first kappa shape index (κ1) is 26.4. The summed E-state index contributed by atoms with van der Waals surface area (Å²) in [5.74, 6) is 1.86.